The molecule has 3 rings (SSSR count). The Kier molecular flexibility index (Phi) is 4.28. The van der Waals surface area contributed by atoms with Gasteiger partial charge in [0.1, 0.15) is 0 Å². The number of thioether (sulfide) groups is 1. The van der Waals surface area contributed by atoms with Crippen molar-refractivity contribution in [2.45, 2.75) is 38.1 Å². The molecular weight excluding hydrogens is 260 g/mol. The van der Waals surface area contributed by atoms with Crippen LogP contribution in [0.2, 0.25) is 0 Å². The van der Waals surface area contributed by atoms with Gasteiger partial charge in [0.25, 0.3) is 5.95 Å². The second-order valence-electron chi connectivity index (χ2n) is 5.33. The van der Waals surface area contributed by atoms with Crippen molar-refractivity contribution in [2.24, 2.45) is 0 Å². The molecule has 2 fully saturated rings. The second kappa shape index (κ2) is 6.13. The lowest BCUT2D eigenvalue weighted by Crippen LogP contribution is -2.34. The predicted molar refractivity (Wildman–Crippen MR) is 77.9 cm³/mol. The largest absolute Gasteiger partial charge is 0.338 e. The van der Waals surface area contributed by atoms with Crippen molar-refractivity contribution in [1.82, 2.24) is 15.5 Å². The summed E-state index contributed by atoms with van der Waals surface area (Å²) in [6, 6.07) is 0.483. The molecule has 0 aliphatic carbocycles. The van der Waals surface area contributed by atoms with Gasteiger partial charge in [0.2, 0.25) is 5.89 Å². The van der Waals surface area contributed by atoms with Gasteiger partial charge in [-0.1, -0.05) is 6.92 Å². The van der Waals surface area contributed by atoms with Crippen molar-refractivity contribution in [3.05, 3.63) is 5.89 Å². The van der Waals surface area contributed by atoms with Crippen LogP contribution in [0.5, 0.6) is 0 Å². The lowest BCUT2D eigenvalue weighted by molar-refractivity contribution is 0.339. The van der Waals surface area contributed by atoms with Crippen LogP contribution < -0.4 is 10.2 Å². The quantitative estimate of drug-likeness (QED) is 0.890. The number of anilines is 1. The fourth-order valence-electron chi connectivity index (χ4n) is 2.75. The Morgan fingerprint density at radius 2 is 2.21 bits per heavy atom. The minimum Gasteiger partial charge on any atom is -0.338 e. The zero-order chi connectivity index (χ0) is 13.1. The summed E-state index contributed by atoms with van der Waals surface area (Å²) >= 11 is 1.97. The first-order valence-corrected chi connectivity index (χ1v) is 8.43. The highest BCUT2D eigenvalue weighted by molar-refractivity contribution is 7.99. The van der Waals surface area contributed by atoms with E-state index in [4.69, 9.17) is 4.52 Å². The van der Waals surface area contributed by atoms with E-state index in [9.17, 15) is 0 Å². The summed E-state index contributed by atoms with van der Waals surface area (Å²) in [7, 11) is 0. The molecule has 0 saturated carbocycles. The van der Waals surface area contributed by atoms with Crippen molar-refractivity contribution in [1.29, 1.82) is 0 Å². The van der Waals surface area contributed by atoms with E-state index in [0.717, 1.165) is 49.4 Å². The Morgan fingerprint density at radius 3 is 3.00 bits per heavy atom. The number of nitrogens with one attached hydrogen (secondary N) is 1. The van der Waals surface area contributed by atoms with Gasteiger partial charge >= 0.3 is 0 Å². The lowest BCUT2D eigenvalue weighted by atomic mass is 10.0. The van der Waals surface area contributed by atoms with Crippen LogP contribution in [0.3, 0.4) is 0 Å². The fraction of sp³-hybridized carbons (Fsp3) is 0.846. The van der Waals surface area contributed by atoms with E-state index >= 15 is 0 Å². The average molecular weight is 282 g/mol. The van der Waals surface area contributed by atoms with E-state index in [1.54, 1.807) is 0 Å². The number of rotatable bonds is 5. The van der Waals surface area contributed by atoms with Crippen LogP contribution in [0.25, 0.3) is 0 Å². The molecule has 2 aliphatic heterocycles. The Labute approximate surface area is 118 Å². The standard InChI is InChI=1S/C13H22N4OS/c1-2-5-14-11-9-19-8-10(11)12-15-13(16-18-12)17-6-3-4-7-17/h10-11,14H,2-9H2,1H3. The van der Waals surface area contributed by atoms with E-state index in [1.807, 2.05) is 11.8 Å². The van der Waals surface area contributed by atoms with E-state index in [1.165, 1.54) is 12.8 Å². The number of aromatic nitrogens is 2. The first kappa shape index (κ1) is 13.2. The summed E-state index contributed by atoms with van der Waals surface area (Å²) in [6.45, 7) is 5.39. The highest BCUT2D eigenvalue weighted by atomic mass is 32.2. The maximum absolute atomic E-state index is 5.52. The first-order valence-electron chi connectivity index (χ1n) is 7.28. The van der Waals surface area contributed by atoms with Crippen LogP contribution >= 0.6 is 11.8 Å². The molecule has 6 heteroatoms. The first-order chi connectivity index (χ1) is 9.38. The molecule has 2 aliphatic rings. The molecule has 2 saturated heterocycles. The van der Waals surface area contributed by atoms with E-state index < -0.39 is 0 Å². The topological polar surface area (TPSA) is 54.2 Å². The lowest BCUT2D eigenvalue weighted by Gasteiger charge is -2.16. The van der Waals surface area contributed by atoms with Crippen LogP contribution in [0.1, 0.15) is 38.0 Å². The normalized spacial score (nSPS) is 27.3. The Bertz CT molecular complexity index is 405. The number of hydrogen-bond acceptors (Lipinski definition) is 6. The third-order valence-electron chi connectivity index (χ3n) is 3.87. The highest BCUT2D eigenvalue weighted by Crippen LogP contribution is 2.33. The third kappa shape index (κ3) is 2.89. The molecular formula is C13H22N4OS. The Balaban J connectivity index is 1.67. The molecule has 0 spiro atoms. The van der Waals surface area contributed by atoms with Crippen molar-refractivity contribution in [3.8, 4) is 0 Å². The molecule has 1 aromatic rings. The molecule has 19 heavy (non-hydrogen) atoms. The summed E-state index contributed by atoms with van der Waals surface area (Å²) in [5.74, 6) is 4.22. The predicted octanol–water partition coefficient (Wildman–Crippen LogP) is 1.87. The van der Waals surface area contributed by atoms with Crippen LogP contribution in [-0.4, -0.2) is 47.3 Å². The summed E-state index contributed by atoms with van der Waals surface area (Å²) in [5, 5.41) is 7.76. The minimum atomic E-state index is 0.375. The van der Waals surface area contributed by atoms with Crippen molar-refractivity contribution in [3.63, 3.8) is 0 Å². The molecule has 0 bridgehead atoms. The zero-order valence-electron chi connectivity index (χ0n) is 11.5. The van der Waals surface area contributed by atoms with Gasteiger partial charge < -0.3 is 14.7 Å². The summed E-state index contributed by atoms with van der Waals surface area (Å²) < 4.78 is 5.52. The van der Waals surface area contributed by atoms with Gasteiger partial charge in [-0.25, -0.2) is 0 Å². The molecule has 3 heterocycles. The van der Waals surface area contributed by atoms with Gasteiger partial charge in [0.15, 0.2) is 0 Å². The monoisotopic (exact) mass is 282 g/mol. The fourth-order valence-corrected chi connectivity index (χ4v) is 4.12. The van der Waals surface area contributed by atoms with E-state index in [0.29, 0.717) is 12.0 Å². The molecule has 2 unspecified atom stereocenters. The van der Waals surface area contributed by atoms with Crippen LogP contribution in [0, 0.1) is 0 Å². The van der Waals surface area contributed by atoms with Gasteiger partial charge in [-0.3, -0.25) is 0 Å². The Morgan fingerprint density at radius 1 is 1.37 bits per heavy atom. The smallest absolute Gasteiger partial charge is 0.266 e. The maximum atomic E-state index is 5.52. The molecule has 0 amide bonds. The third-order valence-corrected chi connectivity index (χ3v) is 5.06. The SMILES string of the molecule is CCCNC1CSCC1c1nc(N2CCCC2)no1. The van der Waals surface area contributed by atoms with Gasteiger partial charge in [-0.15, -0.1) is 0 Å². The van der Waals surface area contributed by atoms with E-state index in [-0.39, 0.29) is 0 Å². The average Bonchev–Trinajstić information content (AvgIpc) is 3.14. The van der Waals surface area contributed by atoms with Gasteiger partial charge in [0, 0.05) is 30.6 Å². The Hall–Kier alpha value is -0.750. The zero-order valence-corrected chi connectivity index (χ0v) is 12.3. The summed E-state index contributed by atoms with van der Waals surface area (Å²) in [4.78, 5) is 6.85. The van der Waals surface area contributed by atoms with Crippen LogP contribution in [-0.2, 0) is 0 Å². The van der Waals surface area contributed by atoms with E-state index in [2.05, 4.69) is 27.3 Å². The van der Waals surface area contributed by atoms with Gasteiger partial charge in [-0.05, 0) is 31.0 Å². The van der Waals surface area contributed by atoms with Crippen molar-refractivity contribution in [2.75, 3.05) is 36.0 Å². The van der Waals surface area contributed by atoms with Crippen LogP contribution in [0.4, 0.5) is 5.95 Å². The highest BCUT2D eigenvalue weighted by Gasteiger charge is 2.33. The van der Waals surface area contributed by atoms with Crippen molar-refractivity contribution >= 4 is 17.7 Å². The maximum Gasteiger partial charge on any atom is 0.266 e. The van der Waals surface area contributed by atoms with Gasteiger partial charge in [0.05, 0.1) is 5.92 Å². The molecule has 0 aromatic carbocycles. The molecule has 5 nitrogen and oxygen atoms in total. The van der Waals surface area contributed by atoms with Gasteiger partial charge in [-0.2, -0.15) is 16.7 Å². The minimum absolute atomic E-state index is 0.375. The molecule has 106 valence electrons. The van der Waals surface area contributed by atoms with Crippen molar-refractivity contribution < 1.29 is 4.52 Å². The molecule has 1 N–H and O–H groups in total. The summed E-state index contributed by atoms with van der Waals surface area (Å²) in [6.07, 6.45) is 3.64. The molecule has 0 radical (unpaired) electrons. The molecule has 2 atom stereocenters. The molecule has 1 aromatic heterocycles. The number of hydrogen-bond donors (Lipinski definition) is 1. The number of nitrogens with zero attached hydrogens (tertiary/aromatic N) is 3. The summed E-state index contributed by atoms with van der Waals surface area (Å²) in [5.41, 5.74) is 0. The van der Waals surface area contributed by atoms with Crippen LogP contribution in [0.15, 0.2) is 4.52 Å². The second-order valence-corrected chi connectivity index (χ2v) is 6.41.